The number of ether oxygens (including phenoxy) is 2. The lowest BCUT2D eigenvalue weighted by atomic mass is 9.83. The van der Waals surface area contributed by atoms with Crippen LogP contribution < -0.4 is 5.73 Å². The maximum Gasteiger partial charge on any atom is 0.537 e. The Bertz CT molecular complexity index is 262. The summed E-state index contributed by atoms with van der Waals surface area (Å²) in [5.41, 5.74) is 5.36. The van der Waals surface area contributed by atoms with Crippen LogP contribution in [0.25, 0.3) is 0 Å². The summed E-state index contributed by atoms with van der Waals surface area (Å²) in [5, 5.41) is -0.648. The third kappa shape index (κ3) is 1.48. The van der Waals surface area contributed by atoms with Gasteiger partial charge in [-0.2, -0.15) is 0 Å². The quantitative estimate of drug-likeness (QED) is 0.662. The summed E-state index contributed by atoms with van der Waals surface area (Å²) in [7, 11) is 1.83. The van der Waals surface area contributed by atoms with Crippen molar-refractivity contribution in [3.05, 3.63) is 0 Å². The lowest BCUT2D eigenvalue weighted by molar-refractivity contribution is -0.293. The predicted octanol–water partition coefficient (Wildman–Crippen LogP) is -0.319. The smallest absolute Gasteiger partial charge is 0.375 e. The molecule has 0 spiro atoms. The minimum atomic E-state index is -2.94. The van der Waals surface area contributed by atoms with Crippen molar-refractivity contribution in [1.82, 2.24) is 0 Å². The molecule has 2 N–H and O–H groups in total. The summed E-state index contributed by atoms with van der Waals surface area (Å²) < 4.78 is 28.3. The molecule has 0 saturated carbocycles. The normalized spacial score (nSPS) is 37.4. The molecule has 0 aromatic heterocycles. The van der Waals surface area contributed by atoms with Crippen molar-refractivity contribution < 1.29 is 22.8 Å². The largest absolute Gasteiger partial charge is 0.537 e. The average Bonchev–Trinajstić information content (AvgIpc) is 2.26. The SMILES string of the molecule is CO[Si](OC)(OC)C1(C2(CN)CCO2)CCO1. The van der Waals surface area contributed by atoms with E-state index in [1.54, 1.807) is 21.3 Å². The van der Waals surface area contributed by atoms with E-state index in [4.69, 9.17) is 28.5 Å². The summed E-state index contributed by atoms with van der Waals surface area (Å²) in [6.45, 7) is 1.75. The van der Waals surface area contributed by atoms with E-state index in [9.17, 15) is 0 Å². The van der Waals surface area contributed by atoms with Gasteiger partial charge in [0.25, 0.3) is 0 Å². The second kappa shape index (κ2) is 4.58. The van der Waals surface area contributed by atoms with Crippen LogP contribution in [0.4, 0.5) is 0 Å². The molecular formula is C10H21NO5Si. The van der Waals surface area contributed by atoms with Crippen LogP contribution in [0.2, 0.25) is 0 Å². The zero-order valence-corrected chi connectivity index (χ0v) is 11.7. The van der Waals surface area contributed by atoms with Crippen LogP contribution in [0, 0.1) is 0 Å². The van der Waals surface area contributed by atoms with Gasteiger partial charge in [0.2, 0.25) is 0 Å². The van der Waals surface area contributed by atoms with Crippen LogP contribution in [0.3, 0.4) is 0 Å². The molecule has 2 unspecified atom stereocenters. The van der Waals surface area contributed by atoms with Crippen molar-refractivity contribution in [1.29, 1.82) is 0 Å². The third-order valence-corrected chi connectivity index (χ3v) is 7.50. The fourth-order valence-corrected chi connectivity index (χ4v) is 5.96. The molecule has 7 heteroatoms. The van der Waals surface area contributed by atoms with Crippen LogP contribution >= 0.6 is 0 Å². The van der Waals surface area contributed by atoms with Gasteiger partial charge in [-0.1, -0.05) is 0 Å². The zero-order chi connectivity index (χ0) is 12.6. The Morgan fingerprint density at radius 2 is 1.53 bits per heavy atom. The molecule has 0 radical (unpaired) electrons. The summed E-state index contributed by atoms with van der Waals surface area (Å²) in [6, 6.07) is 0. The second-order valence-corrected chi connectivity index (χ2v) is 7.54. The van der Waals surface area contributed by atoms with Crippen molar-refractivity contribution in [2.75, 3.05) is 41.1 Å². The molecule has 0 bridgehead atoms. The number of hydrogen-bond donors (Lipinski definition) is 1. The fourth-order valence-electron chi connectivity index (χ4n) is 2.92. The van der Waals surface area contributed by atoms with Gasteiger partial charge in [0.1, 0.15) is 5.60 Å². The molecule has 0 aromatic rings. The lowest BCUT2D eigenvalue weighted by Gasteiger charge is -2.61. The van der Waals surface area contributed by atoms with Crippen molar-refractivity contribution in [3.63, 3.8) is 0 Å². The Labute approximate surface area is 103 Å². The molecular weight excluding hydrogens is 242 g/mol. The van der Waals surface area contributed by atoms with E-state index in [0.29, 0.717) is 19.8 Å². The standard InChI is InChI=1S/C10H21NO5Si/c1-12-17(13-2,14-3)10(5-7-16-10)9(8-11)4-6-15-9/h4-8,11H2,1-3H3. The molecule has 100 valence electrons. The van der Waals surface area contributed by atoms with Gasteiger partial charge >= 0.3 is 8.80 Å². The first-order valence-corrected chi connectivity index (χ1v) is 7.52. The van der Waals surface area contributed by atoms with Crippen molar-refractivity contribution in [3.8, 4) is 0 Å². The predicted molar refractivity (Wildman–Crippen MR) is 62.4 cm³/mol. The molecule has 0 aromatic carbocycles. The van der Waals surface area contributed by atoms with Crippen molar-refractivity contribution in [2.24, 2.45) is 5.73 Å². The van der Waals surface area contributed by atoms with E-state index in [1.165, 1.54) is 0 Å². The molecule has 2 atom stereocenters. The number of hydrogen-bond acceptors (Lipinski definition) is 6. The Morgan fingerprint density at radius 1 is 1.06 bits per heavy atom. The number of nitrogens with two attached hydrogens (primary N) is 1. The third-order valence-electron chi connectivity index (χ3n) is 4.05. The summed E-state index contributed by atoms with van der Waals surface area (Å²) in [5.74, 6) is 0. The molecule has 2 aliphatic rings. The maximum atomic E-state index is 5.88. The van der Waals surface area contributed by atoms with E-state index in [1.807, 2.05) is 0 Å². The highest BCUT2D eigenvalue weighted by atomic mass is 28.4. The molecule has 2 saturated heterocycles. The van der Waals surface area contributed by atoms with Crippen LogP contribution in [0.1, 0.15) is 12.8 Å². The van der Waals surface area contributed by atoms with Gasteiger partial charge in [0, 0.05) is 40.7 Å². The van der Waals surface area contributed by atoms with E-state index >= 15 is 0 Å². The minimum absolute atomic E-state index is 0.387. The first kappa shape index (κ1) is 13.4. The second-order valence-electron chi connectivity index (χ2n) is 4.39. The Kier molecular flexibility index (Phi) is 3.61. The van der Waals surface area contributed by atoms with E-state index in [-0.39, 0.29) is 0 Å². The molecule has 0 aliphatic carbocycles. The van der Waals surface area contributed by atoms with Gasteiger partial charge in [0.15, 0.2) is 5.22 Å². The highest BCUT2D eigenvalue weighted by molar-refractivity contribution is 6.64. The molecule has 0 amide bonds. The highest BCUT2D eigenvalue weighted by Gasteiger charge is 2.76. The molecule has 6 nitrogen and oxygen atoms in total. The Hall–Kier alpha value is -0.0231. The minimum Gasteiger partial charge on any atom is -0.375 e. The summed E-state index contributed by atoms with van der Waals surface area (Å²) in [6.07, 6.45) is 1.65. The maximum absolute atomic E-state index is 5.88. The first-order valence-electron chi connectivity index (χ1n) is 5.79. The highest BCUT2D eigenvalue weighted by Crippen LogP contribution is 2.51. The van der Waals surface area contributed by atoms with Crippen LogP contribution in [-0.4, -0.2) is 60.7 Å². The molecule has 2 aliphatic heterocycles. The Morgan fingerprint density at radius 3 is 1.71 bits per heavy atom. The van der Waals surface area contributed by atoms with E-state index in [0.717, 1.165) is 12.8 Å². The average molecular weight is 263 g/mol. The van der Waals surface area contributed by atoms with Gasteiger partial charge in [-0.3, -0.25) is 0 Å². The van der Waals surface area contributed by atoms with Crippen LogP contribution in [-0.2, 0) is 22.8 Å². The number of rotatable bonds is 6. The topological polar surface area (TPSA) is 72.2 Å². The Balaban J connectivity index is 2.35. The fraction of sp³-hybridized carbons (Fsp3) is 1.00. The van der Waals surface area contributed by atoms with Gasteiger partial charge in [-0.05, 0) is 0 Å². The molecule has 2 fully saturated rings. The van der Waals surface area contributed by atoms with Crippen molar-refractivity contribution in [2.45, 2.75) is 23.7 Å². The molecule has 2 heterocycles. The summed E-state index contributed by atoms with van der Waals surface area (Å²) in [4.78, 5) is 0. The lowest BCUT2D eigenvalue weighted by Crippen LogP contribution is -2.83. The van der Waals surface area contributed by atoms with Crippen LogP contribution in [0.15, 0.2) is 0 Å². The van der Waals surface area contributed by atoms with Gasteiger partial charge in [-0.25, -0.2) is 0 Å². The monoisotopic (exact) mass is 263 g/mol. The zero-order valence-electron chi connectivity index (χ0n) is 10.7. The van der Waals surface area contributed by atoms with Gasteiger partial charge in [-0.15, -0.1) is 0 Å². The van der Waals surface area contributed by atoms with Gasteiger partial charge < -0.3 is 28.5 Å². The van der Waals surface area contributed by atoms with E-state index < -0.39 is 19.6 Å². The first-order chi connectivity index (χ1) is 8.16. The van der Waals surface area contributed by atoms with Crippen molar-refractivity contribution >= 4 is 8.80 Å². The van der Waals surface area contributed by atoms with Gasteiger partial charge in [0.05, 0.1) is 13.2 Å². The molecule has 2 rings (SSSR count). The van der Waals surface area contributed by atoms with E-state index in [2.05, 4.69) is 0 Å². The summed E-state index contributed by atoms with van der Waals surface area (Å²) >= 11 is 0. The van der Waals surface area contributed by atoms with Crippen LogP contribution in [0.5, 0.6) is 0 Å². The molecule has 17 heavy (non-hydrogen) atoms.